The molecular formula is C9H4ClF2NO3S. The summed E-state index contributed by atoms with van der Waals surface area (Å²) < 4.78 is 29.9. The molecule has 0 saturated carbocycles. The fourth-order valence-corrected chi connectivity index (χ4v) is 2.24. The Kier molecular flexibility index (Phi) is 3.12. The Morgan fingerprint density at radius 1 is 1.59 bits per heavy atom. The second kappa shape index (κ2) is 4.42. The molecule has 0 radical (unpaired) electrons. The molecule has 0 unspecified atom stereocenters. The van der Waals surface area contributed by atoms with E-state index in [1.165, 1.54) is 6.07 Å². The lowest BCUT2D eigenvalue weighted by Gasteiger charge is -1.91. The van der Waals surface area contributed by atoms with Crippen LogP contribution in [0.5, 0.6) is 0 Å². The lowest BCUT2D eigenvalue weighted by atomic mass is 10.3. The van der Waals surface area contributed by atoms with Crippen LogP contribution >= 0.6 is 22.9 Å². The lowest BCUT2D eigenvalue weighted by molar-refractivity contribution is 0.0647. The molecule has 0 saturated heterocycles. The number of aromatic nitrogens is 1. The van der Waals surface area contributed by atoms with Crippen LogP contribution in [0.15, 0.2) is 15.9 Å². The first kappa shape index (κ1) is 12.0. The van der Waals surface area contributed by atoms with E-state index in [1.54, 1.807) is 5.38 Å². The van der Waals surface area contributed by atoms with E-state index in [0.717, 1.165) is 11.3 Å². The minimum absolute atomic E-state index is 0.210. The van der Waals surface area contributed by atoms with Crippen molar-refractivity contribution in [2.45, 2.75) is 6.43 Å². The smallest absolute Gasteiger partial charge is 0.374 e. The first-order valence-corrected chi connectivity index (χ1v) is 5.52. The van der Waals surface area contributed by atoms with Crippen LogP contribution in [0.1, 0.15) is 22.7 Å². The average Bonchev–Trinajstić information content (AvgIpc) is 2.82. The molecule has 2 aromatic heterocycles. The van der Waals surface area contributed by atoms with Crippen molar-refractivity contribution < 1.29 is 23.1 Å². The maximum atomic E-state index is 12.5. The van der Waals surface area contributed by atoms with E-state index in [-0.39, 0.29) is 10.9 Å². The Labute approximate surface area is 102 Å². The molecule has 0 fully saturated rings. The highest BCUT2D eigenvalue weighted by Crippen LogP contribution is 2.35. The number of alkyl halides is 2. The number of rotatable bonds is 3. The van der Waals surface area contributed by atoms with Crippen molar-refractivity contribution in [3.05, 3.63) is 27.9 Å². The van der Waals surface area contributed by atoms with Crippen molar-refractivity contribution in [2.24, 2.45) is 0 Å². The monoisotopic (exact) mass is 279 g/mol. The zero-order chi connectivity index (χ0) is 12.6. The van der Waals surface area contributed by atoms with Gasteiger partial charge in [0.2, 0.25) is 11.7 Å². The second-order valence-corrected chi connectivity index (χ2v) is 4.26. The van der Waals surface area contributed by atoms with Gasteiger partial charge in [-0.3, -0.25) is 0 Å². The van der Waals surface area contributed by atoms with Gasteiger partial charge in [0.15, 0.2) is 5.69 Å². The van der Waals surface area contributed by atoms with Crippen LogP contribution in [0.3, 0.4) is 0 Å². The first-order valence-electron chi connectivity index (χ1n) is 4.26. The Balaban J connectivity index is 2.55. The highest BCUT2D eigenvalue weighted by Gasteiger charge is 2.27. The molecule has 0 aliphatic carbocycles. The highest BCUT2D eigenvalue weighted by atomic mass is 35.5. The largest absolute Gasteiger partial charge is 0.475 e. The van der Waals surface area contributed by atoms with Gasteiger partial charge in [-0.25, -0.2) is 18.6 Å². The minimum atomic E-state index is -3.02. The molecule has 0 atom stereocenters. The average molecular weight is 280 g/mol. The van der Waals surface area contributed by atoms with Gasteiger partial charge < -0.3 is 9.52 Å². The molecule has 90 valence electrons. The molecule has 0 bridgehead atoms. The van der Waals surface area contributed by atoms with Crippen molar-refractivity contribution in [3.8, 4) is 10.8 Å². The zero-order valence-corrected chi connectivity index (χ0v) is 9.56. The summed E-state index contributed by atoms with van der Waals surface area (Å²) in [5.41, 5.74) is -0.892. The molecular weight excluding hydrogens is 276 g/mol. The van der Waals surface area contributed by atoms with Gasteiger partial charge in [0.05, 0.1) is 5.02 Å². The Morgan fingerprint density at radius 3 is 2.71 bits per heavy atom. The number of oxazole rings is 1. The molecule has 4 nitrogen and oxygen atoms in total. The third-order valence-electron chi connectivity index (χ3n) is 1.87. The van der Waals surface area contributed by atoms with Gasteiger partial charge in [0.25, 0.3) is 6.43 Å². The van der Waals surface area contributed by atoms with Gasteiger partial charge >= 0.3 is 5.97 Å². The lowest BCUT2D eigenvalue weighted by Crippen LogP contribution is -1.99. The Bertz CT molecular complexity index is 566. The number of halogens is 3. The summed E-state index contributed by atoms with van der Waals surface area (Å²) in [6.07, 6.45) is -3.02. The molecule has 0 amide bonds. The Morgan fingerprint density at radius 2 is 2.29 bits per heavy atom. The van der Waals surface area contributed by atoms with Crippen LogP contribution in [-0.4, -0.2) is 16.1 Å². The number of hydrogen-bond acceptors (Lipinski definition) is 4. The fraction of sp³-hybridized carbons (Fsp3) is 0.111. The fourth-order valence-electron chi connectivity index (χ4n) is 1.18. The van der Waals surface area contributed by atoms with E-state index in [2.05, 4.69) is 4.98 Å². The summed E-state index contributed by atoms with van der Waals surface area (Å²) in [5, 5.41) is 10.6. The van der Waals surface area contributed by atoms with Gasteiger partial charge in [-0.2, -0.15) is 0 Å². The molecule has 0 aromatic carbocycles. The maximum absolute atomic E-state index is 12.5. The summed E-state index contributed by atoms with van der Waals surface area (Å²) in [7, 11) is 0. The van der Waals surface area contributed by atoms with Crippen LogP contribution in [-0.2, 0) is 0 Å². The van der Waals surface area contributed by atoms with E-state index in [4.69, 9.17) is 21.1 Å². The van der Waals surface area contributed by atoms with E-state index in [1.807, 2.05) is 0 Å². The molecule has 1 N–H and O–H groups in total. The zero-order valence-electron chi connectivity index (χ0n) is 7.99. The SMILES string of the molecule is O=C(O)c1oc(-c2sccc2Cl)nc1C(F)F. The van der Waals surface area contributed by atoms with Crippen LogP contribution in [0.4, 0.5) is 8.78 Å². The predicted octanol–water partition coefficient (Wildman–Crippen LogP) is 3.69. The van der Waals surface area contributed by atoms with Crippen molar-refractivity contribution in [1.82, 2.24) is 4.98 Å². The van der Waals surface area contributed by atoms with Crippen LogP contribution < -0.4 is 0 Å². The third kappa shape index (κ3) is 2.16. The summed E-state index contributed by atoms with van der Waals surface area (Å²) >= 11 is 6.89. The maximum Gasteiger partial charge on any atom is 0.374 e. The van der Waals surface area contributed by atoms with Crippen molar-refractivity contribution >= 4 is 28.9 Å². The van der Waals surface area contributed by atoms with E-state index >= 15 is 0 Å². The minimum Gasteiger partial charge on any atom is -0.475 e. The summed E-state index contributed by atoms with van der Waals surface area (Å²) in [5.74, 6) is -2.66. The van der Waals surface area contributed by atoms with Crippen molar-refractivity contribution in [3.63, 3.8) is 0 Å². The third-order valence-corrected chi connectivity index (χ3v) is 3.20. The molecule has 2 aromatic rings. The normalized spacial score (nSPS) is 11.1. The molecule has 2 rings (SSSR count). The van der Waals surface area contributed by atoms with Gasteiger partial charge in [-0.15, -0.1) is 11.3 Å². The first-order chi connectivity index (χ1) is 8.00. The topological polar surface area (TPSA) is 63.3 Å². The predicted molar refractivity (Wildman–Crippen MR) is 56.7 cm³/mol. The van der Waals surface area contributed by atoms with Crippen LogP contribution in [0.25, 0.3) is 10.8 Å². The number of carboxylic acid groups (broad SMARTS) is 1. The number of thiophene rings is 1. The number of carbonyl (C=O) groups is 1. The number of nitrogens with zero attached hydrogens (tertiary/aromatic N) is 1. The number of aromatic carboxylic acids is 1. The molecule has 0 spiro atoms. The molecule has 0 aliphatic rings. The molecule has 2 heterocycles. The van der Waals surface area contributed by atoms with E-state index in [0.29, 0.717) is 4.88 Å². The summed E-state index contributed by atoms with van der Waals surface area (Å²) in [6, 6.07) is 1.54. The van der Waals surface area contributed by atoms with E-state index in [9.17, 15) is 13.6 Å². The molecule has 0 aliphatic heterocycles. The van der Waals surface area contributed by atoms with Crippen molar-refractivity contribution in [2.75, 3.05) is 0 Å². The quantitative estimate of drug-likeness (QED) is 0.930. The van der Waals surface area contributed by atoms with Gasteiger partial charge in [0.1, 0.15) is 4.88 Å². The molecule has 8 heteroatoms. The summed E-state index contributed by atoms with van der Waals surface area (Å²) in [4.78, 5) is 14.5. The number of hydrogen-bond donors (Lipinski definition) is 1. The van der Waals surface area contributed by atoms with Crippen LogP contribution in [0.2, 0.25) is 5.02 Å². The van der Waals surface area contributed by atoms with Gasteiger partial charge in [0, 0.05) is 0 Å². The Hall–Kier alpha value is -1.47. The van der Waals surface area contributed by atoms with Gasteiger partial charge in [-0.1, -0.05) is 11.6 Å². The number of carboxylic acids is 1. The molecule has 17 heavy (non-hydrogen) atoms. The second-order valence-electron chi connectivity index (χ2n) is 2.94. The van der Waals surface area contributed by atoms with Crippen LogP contribution in [0, 0.1) is 0 Å². The van der Waals surface area contributed by atoms with E-state index < -0.39 is 23.8 Å². The highest BCUT2D eigenvalue weighted by molar-refractivity contribution is 7.14. The van der Waals surface area contributed by atoms with Gasteiger partial charge in [-0.05, 0) is 11.4 Å². The standard InChI is InChI=1S/C9H4ClF2NO3S/c10-3-1-2-17-6(3)8-13-4(7(11)12)5(16-8)9(14)15/h1-2,7H,(H,14,15). The van der Waals surface area contributed by atoms with Crippen molar-refractivity contribution in [1.29, 1.82) is 0 Å². The summed E-state index contributed by atoms with van der Waals surface area (Å²) in [6.45, 7) is 0.